The van der Waals surface area contributed by atoms with Crippen LogP contribution >= 0.6 is 0 Å². The molecule has 0 saturated carbocycles. The highest BCUT2D eigenvalue weighted by Gasteiger charge is 2.44. The van der Waals surface area contributed by atoms with E-state index in [1.165, 1.54) is 4.90 Å². The molecule has 1 aromatic rings. The summed E-state index contributed by atoms with van der Waals surface area (Å²) in [5, 5.41) is 5.50. The summed E-state index contributed by atoms with van der Waals surface area (Å²) in [4.78, 5) is 51.8. The number of likely N-dealkylation sites (tertiary alicyclic amines) is 1. The number of benzene rings is 1. The minimum atomic E-state index is -0.896. The van der Waals surface area contributed by atoms with Crippen LogP contribution in [0.15, 0.2) is 24.3 Å². The molecule has 2 aliphatic rings. The first kappa shape index (κ1) is 20.8. The third-order valence-electron chi connectivity index (χ3n) is 5.18. The van der Waals surface area contributed by atoms with Crippen LogP contribution in [-0.4, -0.2) is 52.2 Å². The number of imide groups is 1. The summed E-state index contributed by atoms with van der Waals surface area (Å²) in [7, 11) is 0. The fourth-order valence-electron chi connectivity index (χ4n) is 3.65. The van der Waals surface area contributed by atoms with Crippen molar-refractivity contribution in [1.82, 2.24) is 15.1 Å². The van der Waals surface area contributed by atoms with E-state index in [9.17, 15) is 19.2 Å². The fourth-order valence-corrected chi connectivity index (χ4v) is 3.65. The van der Waals surface area contributed by atoms with E-state index in [0.717, 1.165) is 5.56 Å². The molecule has 0 unspecified atom stereocenters. The van der Waals surface area contributed by atoms with Crippen molar-refractivity contribution >= 4 is 29.4 Å². The van der Waals surface area contributed by atoms with Crippen molar-refractivity contribution in [3.63, 3.8) is 0 Å². The van der Waals surface area contributed by atoms with Gasteiger partial charge >= 0.3 is 6.03 Å². The number of hydrogen-bond donors (Lipinski definition) is 2. The molecule has 0 aliphatic carbocycles. The van der Waals surface area contributed by atoms with Crippen LogP contribution in [0, 0.1) is 11.8 Å². The Morgan fingerprint density at radius 3 is 2.41 bits per heavy atom. The molecule has 29 heavy (non-hydrogen) atoms. The predicted octanol–water partition coefficient (Wildman–Crippen LogP) is 1.96. The molecule has 8 heteroatoms. The molecule has 3 rings (SSSR count). The number of carbonyl (C=O) groups is 4. The molecule has 2 aliphatic heterocycles. The number of carbonyl (C=O) groups excluding carboxylic acids is 4. The van der Waals surface area contributed by atoms with Crippen LogP contribution in [0.25, 0.3) is 0 Å². The lowest BCUT2D eigenvalue weighted by Crippen LogP contribution is -2.40. The van der Waals surface area contributed by atoms with E-state index < -0.39 is 11.6 Å². The van der Waals surface area contributed by atoms with Crippen molar-refractivity contribution in [2.45, 2.75) is 46.2 Å². The molecule has 0 radical (unpaired) electrons. The van der Waals surface area contributed by atoms with Gasteiger partial charge < -0.3 is 15.5 Å². The molecular formula is C21H28N4O4. The molecule has 1 aromatic carbocycles. The van der Waals surface area contributed by atoms with Gasteiger partial charge in [-0.1, -0.05) is 26.0 Å². The standard InChI is InChI=1S/C21H28N4O4/c1-13(2)10-24-12-15(9-17(24)26)18(27)22-16-7-5-14(6-8-16)11-25-19(28)21(3,4)23-20(25)29/h5-8,13,15H,9-12H2,1-4H3,(H,22,27)(H,23,29)/t15-/m0/s1. The molecule has 8 nitrogen and oxygen atoms in total. The second-order valence-corrected chi connectivity index (χ2v) is 8.73. The number of nitrogens with one attached hydrogen (secondary N) is 2. The van der Waals surface area contributed by atoms with E-state index in [2.05, 4.69) is 10.6 Å². The van der Waals surface area contributed by atoms with Gasteiger partial charge in [-0.2, -0.15) is 0 Å². The monoisotopic (exact) mass is 400 g/mol. The summed E-state index contributed by atoms with van der Waals surface area (Å²) in [6.07, 6.45) is 0.235. The Labute approximate surface area is 170 Å². The summed E-state index contributed by atoms with van der Waals surface area (Å²) in [5.41, 5.74) is 0.502. The summed E-state index contributed by atoms with van der Waals surface area (Å²) >= 11 is 0. The van der Waals surface area contributed by atoms with Crippen LogP contribution in [0.3, 0.4) is 0 Å². The van der Waals surface area contributed by atoms with Gasteiger partial charge in [0.2, 0.25) is 11.8 Å². The van der Waals surface area contributed by atoms with Crippen molar-refractivity contribution in [1.29, 1.82) is 0 Å². The Morgan fingerprint density at radius 1 is 1.21 bits per heavy atom. The normalized spacial score (nSPS) is 21.1. The number of nitrogens with zero attached hydrogens (tertiary/aromatic N) is 2. The molecule has 2 saturated heterocycles. The Bertz CT molecular complexity index is 832. The highest BCUT2D eigenvalue weighted by molar-refractivity contribution is 6.06. The van der Waals surface area contributed by atoms with Gasteiger partial charge in [0.1, 0.15) is 5.54 Å². The van der Waals surface area contributed by atoms with Gasteiger partial charge in [0, 0.05) is 25.2 Å². The molecule has 0 spiro atoms. The van der Waals surface area contributed by atoms with Crippen molar-refractivity contribution < 1.29 is 19.2 Å². The smallest absolute Gasteiger partial charge is 0.325 e. The molecular weight excluding hydrogens is 372 g/mol. The van der Waals surface area contributed by atoms with Crippen LogP contribution < -0.4 is 10.6 Å². The van der Waals surface area contributed by atoms with Crippen LogP contribution in [0.1, 0.15) is 39.7 Å². The quantitative estimate of drug-likeness (QED) is 0.713. The zero-order valence-corrected chi connectivity index (χ0v) is 17.3. The summed E-state index contributed by atoms with van der Waals surface area (Å²) in [5.74, 6) is -0.409. The fraction of sp³-hybridized carbons (Fsp3) is 0.524. The van der Waals surface area contributed by atoms with Crippen LogP contribution in [-0.2, 0) is 20.9 Å². The third kappa shape index (κ3) is 4.58. The average Bonchev–Trinajstić information content (AvgIpc) is 3.08. The van der Waals surface area contributed by atoms with E-state index in [1.807, 2.05) is 13.8 Å². The molecule has 5 amide bonds. The topological polar surface area (TPSA) is 98.8 Å². The number of amides is 5. The third-order valence-corrected chi connectivity index (χ3v) is 5.18. The average molecular weight is 400 g/mol. The highest BCUT2D eigenvalue weighted by atomic mass is 16.2. The first-order valence-corrected chi connectivity index (χ1v) is 9.88. The highest BCUT2D eigenvalue weighted by Crippen LogP contribution is 2.22. The lowest BCUT2D eigenvalue weighted by Gasteiger charge is -2.18. The molecule has 2 N–H and O–H groups in total. The van der Waals surface area contributed by atoms with E-state index in [0.29, 0.717) is 24.7 Å². The SMILES string of the molecule is CC(C)CN1C[C@@H](C(=O)Nc2ccc(CN3C(=O)NC(C)(C)C3=O)cc2)CC1=O. The first-order chi connectivity index (χ1) is 13.6. The second-order valence-electron chi connectivity index (χ2n) is 8.73. The predicted molar refractivity (Wildman–Crippen MR) is 108 cm³/mol. The lowest BCUT2D eigenvalue weighted by molar-refractivity contribution is -0.130. The second kappa shape index (κ2) is 7.85. The molecule has 2 fully saturated rings. The van der Waals surface area contributed by atoms with E-state index in [-0.39, 0.29) is 36.6 Å². The first-order valence-electron chi connectivity index (χ1n) is 9.88. The molecule has 0 aromatic heterocycles. The maximum Gasteiger partial charge on any atom is 0.325 e. The van der Waals surface area contributed by atoms with Gasteiger partial charge in [-0.15, -0.1) is 0 Å². The van der Waals surface area contributed by atoms with Crippen molar-refractivity contribution in [2.75, 3.05) is 18.4 Å². The van der Waals surface area contributed by atoms with E-state index >= 15 is 0 Å². The van der Waals surface area contributed by atoms with Gasteiger partial charge in [0.05, 0.1) is 12.5 Å². The summed E-state index contributed by atoms with van der Waals surface area (Å²) in [6.45, 7) is 8.71. The van der Waals surface area contributed by atoms with Crippen LogP contribution in [0.4, 0.5) is 10.5 Å². The molecule has 0 bridgehead atoms. The molecule has 156 valence electrons. The molecule has 1 atom stereocenters. The maximum absolute atomic E-state index is 12.5. The summed E-state index contributed by atoms with van der Waals surface area (Å²) < 4.78 is 0. The van der Waals surface area contributed by atoms with Crippen molar-refractivity contribution in [3.8, 4) is 0 Å². The van der Waals surface area contributed by atoms with E-state index in [1.54, 1.807) is 43.0 Å². The maximum atomic E-state index is 12.5. The lowest BCUT2D eigenvalue weighted by atomic mass is 10.1. The summed E-state index contributed by atoms with van der Waals surface area (Å²) in [6, 6.07) is 6.60. The zero-order chi connectivity index (χ0) is 21.3. The van der Waals surface area contributed by atoms with Crippen molar-refractivity contribution in [3.05, 3.63) is 29.8 Å². The van der Waals surface area contributed by atoms with Gasteiger partial charge in [0.25, 0.3) is 5.91 Å². The van der Waals surface area contributed by atoms with Gasteiger partial charge in [-0.3, -0.25) is 19.3 Å². The Balaban J connectivity index is 1.57. The number of urea groups is 1. The number of rotatable bonds is 6. The zero-order valence-electron chi connectivity index (χ0n) is 17.3. The minimum Gasteiger partial charge on any atom is -0.342 e. The van der Waals surface area contributed by atoms with Gasteiger partial charge in [-0.05, 0) is 37.5 Å². The number of anilines is 1. The Hall–Kier alpha value is -2.90. The number of hydrogen-bond acceptors (Lipinski definition) is 4. The Morgan fingerprint density at radius 2 is 1.86 bits per heavy atom. The minimum absolute atomic E-state index is 0.0191. The van der Waals surface area contributed by atoms with Crippen LogP contribution in [0.2, 0.25) is 0 Å². The van der Waals surface area contributed by atoms with Crippen molar-refractivity contribution in [2.24, 2.45) is 11.8 Å². The van der Waals surface area contributed by atoms with Gasteiger partial charge in [0.15, 0.2) is 0 Å². The van der Waals surface area contributed by atoms with Gasteiger partial charge in [-0.25, -0.2) is 4.79 Å². The molecule has 2 heterocycles. The van der Waals surface area contributed by atoms with E-state index in [4.69, 9.17) is 0 Å². The largest absolute Gasteiger partial charge is 0.342 e. The Kier molecular flexibility index (Phi) is 5.64. The van der Waals surface area contributed by atoms with Crippen LogP contribution in [0.5, 0.6) is 0 Å².